The molecule has 0 bridgehead atoms. The Morgan fingerprint density at radius 2 is 1.84 bits per heavy atom. The molecule has 0 aliphatic rings. The summed E-state index contributed by atoms with van der Waals surface area (Å²) in [6.45, 7) is 2.01. The van der Waals surface area contributed by atoms with Gasteiger partial charge in [-0.25, -0.2) is 0 Å². The fourth-order valence-corrected chi connectivity index (χ4v) is 2.84. The molecule has 1 amide bonds. The zero-order chi connectivity index (χ0) is 17.8. The number of aliphatic hydroxyl groups is 1. The molecule has 0 saturated heterocycles. The average molecular weight is 335 g/mol. The summed E-state index contributed by atoms with van der Waals surface area (Å²) in [5.41, 5.74) is 2.19. The summed E-state index contributed by atoms with van der Waals surface area (Å²) < 4.78 is 5.15. The number of benzene rings is 3. The van der Waals surface area contributed by atoms with Gasteiger partial charge < -0.3 is 15.2 Å². The molecule has 2 N–H and O–H groups in total. The summed E-state index contributed by atoms with van der Waals surface area (Å²) in [5, 5.41) is 15.4. The number of hydrogen-bond acceptors (Lipinski definition) is 3. The maximum atomic E-state index is 12.4. The lowest BCUT2D eigenvalue weighted by Gasteiger charge is -2.14. The van der Waals surface area contributed by atoms with E-state index in [-0.39, 0.29) is 12.5 Å². The predicted molar refractivity (Wildman–Crippen MR) is 99.0 cm³/mol. The largest absolute Gasteiger partial charge is 0.497 e. The second-order valence-electron chi connectivity index (χ2n) is 6.01. The van der Waals surface area contributed by atoms with Crippen LogP contribution in [0.2, 0.25) is 0 Å². The van der Waals surface area contributed by atoms with Crippen molar-refractivity contribution in [1.29, 1.82) is 0 Å². The Morgan fingerprint density at radius 3 is 2.56 bits per heavy atom. The molecule has 1 unspecified atom stereocenters. The van der Waals surface area contributed by atoms with Crippen LogP contribution in [0, 0.1) is 6.92 Å². The van der Waals surface area contributed by atoms with E-state index in [0.29, 0.717) is 11.3 Å². The van der Waals surface area contributed by atoms with Crippen molar-refractivity contribution in [2.24, 2.45) is 0 Å². The molecule has 0 aromatic heterocycles. The number of aliphatic hydroxyl groups excluding tert-OH is 1. The molecule has 0 aliphatic carbocycles. The molecule has 0 spiro atoms. The van der Waals surface area contributed by atoms with Gasteiger partial charge in [0.15, 0.2) is 0 Å². The summed E-state index contributed by atoms with van der Waals surface area (Å²) >= 11 is 0. The maximum Gasteiger partial charge on any atom is 0.251 e. The van der Waals surface area contributed by atoms with Crippen LogP contribution in [0.15, 0.2) is 60.7 Å². The van der Waals surface area contributed by atoms with E-state index < -0.39 is 6.10 Å². The molecule has 3 aromatic rings. The van der Waals surface area contributed by atoms with Crippen LogP contribution in [0.25, 0.3) is 10.8 Å². The minimum atomic E-state index is -0.757. The number of methoxy groups -OCH3 is 1. The number of carbonyl (C=O) groups is 1. The van der Waals surface area contributed by atoms with Gasteiger partial charge in [-0.05, 0) is 53.1 Å². The molecule has 4 nitrogen and oxygen atoms in total. The molecule has 0 radical (unpaired) electrons. The van der Waals surface area contributed by atoms with E-state index in [0.717, 1.165) is 21.9 Å². The summed E-state index contributed by atoms with van der Waals surface area (Å²) in [6.07, 6.45) is -0.757. The number of hydrogen-bond donors (Lipinski definition) is 2. The summed E-state index contributed by atoms with van der Waals surface area (Å²) in [4.78, 5) is 12.4. The lowest BCUT2D eigenvalue weighted by Crippen LogP contribution is -2.28. The van der Waals surface area contributed by atoms with Crippen LogP contribution >= 0.6 is 0 Å². The number of nitrogens with one attached hydrogen (secondary N) is 1. The van der Waals surface area contributed by atoms with Gasteiger partial charge in [-0.15, -0.1) is 0 Å². The van der Waals surface area contributed by atoms with Crippen LogP contribution in [0.5, 0.6) is 5.75 Å². The van der Waals surface area contributed by atoms with Gasteiger partial charge in [0.1, 0.15) is 5.75 Å². The fraction of sp³-hybridized carbons (Fsp3) is 0.190. The van der Waals surface area contributed by atoms with Crippen LogP contribution in [0.4, 0.5) is 0 Å². The average Bonchev–Trinajstić information content (AvgIpc) is 2.65. The van der Waals surface area contributed by atoms with Crippen molar-refractivity contribution >= 4 is 16.7 Å². The molecule has 0 fully saturated rings. The zero-order valence-electron chi connectivity index (χ0n) is 14.3. The minimum absolute atomic E-state index is 0.155. The van der Waals surface area contributed by atoms with E-state index in [1.807, 2.05) is 55.5 Å². The lowest BCUT2D eigenvalue weighted by atomic mass is 10.0. The Morgan fingerprint density at radius 1 is 1.08 bits per heavy atom. The highest BCUT2D eigenvalue weighted by molar-refractivity contribution is 5.95. The van der Waals surface area contributed by atoms with E-state index in [1.165, 1.54) is 0 Å². The molecule has 4 heteroatoms. The van der Waals surface area contributed by atoms with E-state index in [9.17, 15) is 9.90 Å². The van der Waals surface area contributed by atoms with Crippen molar-refractivity contribution < 1.29 is 14.6 Å². The van der Waals surface area contributed by atoms with Gasteiger partial charge in [-0.1, -0.05) is 36.4 Å². The maximum absolute atomic E-state index is 12.4. The molecule has 0 saturated carbocycles. The number of carbonyl (C=O) groups excluding carboxylic acids is 1. The first-order valence-corrected chi connectivity index (χ1v) is 8.18. The van der Waals surface area contributed by atoms with Gasteiger partial charge in [0.05, 0.1) is 13.2 Å². The van der Waals surface area contributed by atoms with Gasteiger partial charge in [-0.3, -0.25) is 4.79 Å². The predicted octanol–water partition coefficient (Wildman–Crippen LogP) is 3.62. The molecule has 25 heavy (non-hydrogen) atoms. The lowest BCUT2D eigenvalue weighted by molar-refractivity contribution is 0.0915. The van der Waals surface area contributed by atoms with Crippen LogP contribution in [-0.4, -0.2) is 24.7 Å². The highest BCUT2D eigenvalue weighted by Gasteiger charge is 2.13. The summed E-state index contributed by atoms with van der Waals surface area (Å²) in [7, 11) is 1.59. The Kier molecular flexibility index (Phi) is 5.00. The quantitative estimate of drug-likeness (QED) is 0.749. The van der Waals surface area contributed by atoms with Gasteiger partial charge in [0.2, 0.25) is 0 Å². The van der Waals surface area contributed by atoms with Crippen LogP contribution in [-0.2, 0) is 0 Å². The molecule has 3 aromatic carbocycles. The number of fused-ring (bicyclic) bond motifs is 1. The topological polar surface area (TPSA) is 58.6 Å². The number of rotatable bonds is 5. The van der Waals surface area contributed by atoms with Crippen molar-refractivity contribution in [3.05, 3.63) is 77.4 Å². The highest BCUT2D eigenvalue weighted by Crippen LogP contribution is 2.21. The van der Waals surface area contributed by atoms with Gasteiger partial charge >= 0.3 is 0 Å². The highest BCUT2D eigenvalue weighted by atomic mass is 16.5. The van der Waals surface area contributed by atoms with Crippen molar-refractivity contribution in [2.45, 2.75) is 13.0 Å². The monoisotopic (exact) mass is 335 g/mol. The van der Waals surface area contributed by atoms with Gasteiger partial charge in [0.25, 0.3) is 5.91 Å². The van der Waals surface area contributed by atoms with Crippen molar-refractivity contribution in [1.82, 2.24) is 5.32 Å². The van der Waals surface area contributed by atoms with Crippen LogP contribution < -0.4 is 10.1 Å². The first-order chi connectivity index (χ1) is 12.1. The second-order valence-corrected chi connectivity index (χ2v) is 6.01. The molecule has 128 valence electrons. The Hall–Kier alpha value is -2.85. The number of ether oxygens (including phenoxy) is 1. The van der Waals surface area contributed by atoms with E-state index in [4.69, 9.17) is 4.74 Å². The van der Waals surface area contributed by atoms with E-state index >= 15 is 0 Å². The SMILES string of the molecule is COc1ccc(C(=O)NCC(O)c2ccc3ccccc3c2)c(C)c1. The molecular formula is C21H21NO3. The molecule has 3 rings (SSSR count). The third-order valence-electron chi connectivity index (χ3n) is 4.29. The minimum Gasteiger partial charge on any atom is -0.497 e. The normalized spacial score (nSPS) is 12.0. The summed E-state index contributed by atoms with van der Waals surface area (Å²) in [5.74, 6) is 0.505. The van der Waals surface area contributed by atoms with Crippen molar-refractivity contribution in [3.63, 3.8) is 0 Å². The number of amides is 1. The Labute approximate surface area is 147 Å². The van der Waals surface area contributed by atoms with Crippen LogP contribution in [0.3, 0.4) is 0 Å². The Bertz CT molecular complexity index is 905. The Balaban J connectivity index is 1.68. The first kappa shape index (κ1) is 17.0. The van der Waals surface area contributed by atoms with Gasteiger partial charge in [0, 0.05) is 12.1 Å². The molecule has 0 aliphatic heterocycles. The summed E-state index contributed by atoms with van der Waals surface area (Å²) in [6, 6.07) is 19.1. The number of aryl methyl sites for hydroxylation is 1. The van der Waals surface area contributed by atoms with E-state index in [1.54, 1.807) is 19.2 Å². The molecule has 0 heterocycles. The standard InChI is InChI=1S/C21H21NO3/c1-14-11-18(25-2)9-10-19(14)21(24)22-13-20(23)17-8-7-15-5-3-4-6-16(15)12-17/h3-12,20,23H,13H2,1-2H3,(H,22,24). The van der Waals surface area contributed by atoms with Crippen molar-refractivity contribution in [3.8, 4) is 5.75 Å². The third kappa shape index (κ3) is 3.80. The van der Waals surface area contributed by atoms with E-state index in [2.05, 4.69) is 5.32 Å². The fourth-order valence-electron chi connectivity index (χ4n) is 2.84. The van der Waals surface area contributed by atoms with Gasteiger partial charge in [-0.2, -0.15) is 0 Å². The smallest absolute Gasteiger partial charge is 0.251 e. The molecule has 1 atom stereocenters. The zero-order valence-corrected chi connectivity index (χ0v) is 14.3. The second kappa shape index (κ2) is 7.36. The van der Waals surface area contributed by atoms with Crippen molar-refractivity contribution in [2.75, 3.05) is 13.7 Å². The van der Waals surface area contributed by atoms with Crippen LogP contribution in [0.1, 0.15) is 27.6 Å². The molecular weight excluding hydrogens is 314 g/mol. The first-order valence-electron chi connectivity index (χ1n) is 8.18. The third-order valence-corrected chi connectivity index (χ3v) is 4.29.